The van der Waals surface area contributed by atoms with Crippen molar-refractivity contribution in [3.63, 3.8) is 0 Å². The number of benzene rings is 1. The number of amides is 1. The summed E-state index contributed by atoms with van der Waals surface area (Å²) in [6.07, 6.45) is 1.87. The second-order valence-electron chi connectivity index (χ2n) is 6.10. The zero-order chi connectivity index (χ0) is 14.8. The highest BCUT2D eigenvalue weighted by molar-refractivity contribution is 5.83. The van der Waals surface area contributed by atoms with Crippen LogP contribution in [0.15, 0.2) is 24.3 Å². The molecule has 0 radical (unpaired) electrons. The molecule has 1 aromatic carbocycles. The van der Waals surface area contributed by atoms with Crippen molar-refractivity contribution in [2.75, 3.05) is 13.2 Å². The van der Waals surface area contributed by atoms with Crippen LogP contribution >= 0.6 is 0 Å². The van der Waals surface area contributed by atoms with Gasteiger partial charge in [0.2, 0.25) is 5.91 Å². The Balaban J connectivity index is 1.73. The first-order valence-corrected chi connectivity index (χ1v) is 7.91. The molecule has 0 spiro atoms. The average Bonchev–Trinajstić information content (AvgIpc) is 2.53. The summed E-state index contributed by atoms with van der Waals surface area (Å²) in [6.45, 7) is 6.30. The van der Waals surface area contributed by atoms with Gasteiger partial charge in [0, 0.05) is 13.1 Å². The Bertz CT molecular complexity index is 517. The highest BCUT2D eigenvalue weighted by atomic mass is 16.5. The lowest BCUT2D eigenvalue weighted by molar-refractivity contribution is -0.146. The van der Waals surface area contributed by atoms with Gasteiger partial charge in [-0.15, -0.1) is 0 Å². The van der Waals surface area contributed by atoms with Gasteiger partial charge in [0.25, 0.3) is 0 Å². The number of carbonyl (C=O) groups excluding carboxylic acids is 1. The van der Waals surface area contributed by atoms with E-state index in [9.17, 15) is 4.79 Å². The molecule has 0 aliphatic carbocycles. The van der Waals surface area contributed by atoms with E-state index >= 15 is 0 Å². The second-order valence-corrected chi connectivity index (χ2v) is 6.10. The Labute approximate surface area is 126 Å². The average molecular weight is 288 g/mol. The fraction of sp³-hybridized carbons (Fsp3) is 0.588. The zero-order valence-electron chi connectivity index (χ0n) is 12.8. The molecule has 114 valence electrons. The monoisotopic (exact) mass is 288 g/mol. The minimum absolute atomic E-state index is 0.0979. The SMILES string of the molecule is CCC1COC(C)CN1C(=O)C1Cc2ccccc2CN1. The molecule has 0 bridgehead atoms. The van der Waals surface area contributed by atoms with Crippen LogP contribution in [0.5, 0.6) is 0 Å². The molecule has 2 heterocycles. The summed E-state index contributed by atoms with van der Waals surface area (Å²) >= 11 is 0. The maximum atomic E-state index is 12.9. The van der Waals surface area contributed by atoms with Crippen molar-refractivity contribution < 1.29 is 9.53 Å². The molecule has 21 heavy (non-hydrogen) atoms. The van der Waals surface area contributed by atoms with E-state index in [0.29, 0.717) is 13.2 Å². The zero-order valence-corrected chi connectivity index (χ0v) is 12.8. The molecule has 3 unspecified atom stereocenters. The van der Waals surface area contributed by atoms with Crippen LogP contribution < -0.4 is 5.32 Å². The molecule has 3 rings (SSSR count). The van der Waals surface area contributed by atoms with Gasteiger partial charge < -0.3 is 15.0 Å². The molecule has 0 aromatic heterocycles. The van der Waals surface area contributed by atoms with Crippen LogP contribution in [0.1, 0.15) is 31.4 Å². The third-order valence-electron chi connectivity index (χ3n) is 4.60. The summed E-state index contributed by atoms with van der Waals surface area (Å²) < 4.78 is 5.69. The van der Waals surface area contributed by atoms with Gasteiger partial charge in [0.05, 0.1) is 24.8 Å². The first kappa shape index (κ1) is 14.5. The fourth-order valence-corrected chi connectivity index (χ4v) is 3.28. The number of morpholine rings is 1. The van der Waals surface area contributed by atoms with Crippen molar-refractivity contribution in [3.05, 3.63) is 35.4 Å². The van der Waals surface area contributed by atoms with E-state index in [2.05, 4.69) is 36.5 Å². The highest BCUT2D eigenvalue weighted by Crippen LogP contribution is 2.21. The summed E-state index contributed by atoms with van der Waals surface area (Å²) in [6, 6.07) is 8.49. The number of nitrogens with zero attached hydrogens (tertiary/aromatic N) is 1. The van der Waals surface area contributed by atoms with Crippen LogP contribution in [0, 0.1) is 0 Å². The van der Waals surface area contributed by atoms with Crippen molar-refractivity contribution in [3.8, 4) is 0 Å². The van der Waals surface area contributed by atoms with E-state index < -0.39 is 0 Å². The number of rotatable bonds is 2. The Kier molecular flexibility index (Phi) is 4.27. The summed E-state index contributed by atoms with van der Waals surface area (Å²) in [5.74, 6) is 0.228. The van der Waals surface area contributed by atoms with E-state index in [1.807, 2.05) is 11.8 Å². The number of hydrogen-bond donors (Lipinski definition) is 1. The van der Waals surface area contributed by atoms with Crippen LogP contribution in [0.4, 0.5) is 0 Å². The van der Waals surface area contributed by atoms with Gasteiger partial charge in [0.1, 0.15) is 0 Å². The minimum Gasteiger partial charge on any atom is -0.375 e. The first-order valence-electron chi connectivity index (χ1n) is 7.91. The molecule has 2 aliphatic rings. The lowest BCUT2D eigenvalue weighted by Gasteiger charge is -2.41. The number of ether oxygens (including phenoxy) is 1. The predicted molar refractivity (Wildman–Crippen MR) is 82.0 cm³/mol. The van der Waals surface area contributed by atoms with Gasteiger partial charge in [-0.1, -0.05) is 31.2 Å². The topological polar surface area (TPSA) is 41.6 Å². The third-order valence-corrected chi connectivity index (χ3v) is 4.60. The van der Waals surface area contributed by atoms with E-state index in [1.54, 1.807) is 0 Å². The van der Waals surface area contributed by atoms with Crippen molar-refractivity contribution >= 4 is 5.91 Å². The Morgan fingerprint density at radius 3 is 2.90 bits per heavy atom. The predicted octanol–water partition coefficient (Wildman–Crippen LogP) is 1.73. The molecule has 1 fully saturated rings. The Hall–Kier alpha value is -1.39. The molecule has 1 amide bonds. The molecule has 2 aliphatic heterocycles. The van der Waals surface area contributed by atoms with Gasteiger partial charge in [-0.2, -0.15) is 0 Å². The van der Waals surface area contributed by atoms with Crippen LogP contribution in [-0.2, 0) is 22.5 Å². The summed E-state index contributed by atoms with van der Waals surface area (Å²) in [5, 5.41) is 3.40. The highest BCUT2D eigenvalue weighted by Gasteiger charge is 2.34. The van der Waals surface area contributed by atoms with Gasteiger partial charge in [-0.05, 0) is 30.9 Å². The van der Waals surface area contributed by atoms with Crippen molar-refractivity contribution in [2.24, 2.45) is 0 Å². The maximum Gasteiger partial charge on any atom is 0.240 e. The minimum atomic E-state index is -0.0979. The van der Waals surface area contributed by atoms with Crippen LogP contribution in [0.2, 0.25) is 0 Å². The molecule has 1 N–H and O–H groups in total. The number of nitrogens with one attached hydrogen (secondary N) is 1. The molecule has 1 aromatic rings. The largest absolute Gasteiger partial charge is 0.375 e. The molecular weight excluding hydrogens is 264 g/mol. The summed E-state index contributed by atoms with van der Waals surface area (Å²) in [5.41, 5.74) is 2.60. The van der Waals surface area contributed by atoms with Gasteiger partial charge in [-0.25, -0.2) is 0 Å². The molecule has 4 heteroatoms. The Morgan fingerprint density at radius 2 is 2.14 bits per heavy atom. The molecule has 3 atom stereocenters. The molecule has 0 saturated carbocycles. The maximum absolute atomic E-state index is 12.9. The van der Waals surface area contributed by atoms with E-state index in [-0.39, 0.29) is 24.1 Å². The van der Waals surface area contributed by atoms with Gasteiger partial charge >= 0.3 is 0 Å². The van der Waals surface area contributed by atoms with Gasteiger partial charge in [-0.3, -0.25) is 4.79 Å². The smallest absolute Gasteiger partial charge is 0.240 e. The Morgan fingerprint density at radius 1 is 1.38 bits per heavy atom. The first-order chi connectivity index (χ1) is 10.2. The fourth-order valence-electron chi connectivity index (χ4n) is 3.28. The molecule has 4 nitrogen and oxygen atoms in total. The lowest BCUT2D eigenvalue weighted by Crippen LogP contribution is -2.57. The second kappa shape index (κ2) is 6.16. The lowest BCUT2D eigenvalue weighted by atomic mass is 9.94. The number of fused-ring (bicyclic) bond motifs is 1. The van der Waals surface area contributed by atoms with E-state index in [0.717, 1.165) is 19.4 Å². The van der Waals surface area contributed by atoms with E-state index in [4.69, 9.17) is 4.74 Å². The van der Waals surface area contributed by atoms with Gasteiger partial charge in [0.15, 0.2) is 0 Å². The quantitative estimate of drug-likeness (QED) is 0.901. The summed E-state index contributed by atoms with van der Waals surface area (Å²) in [4.78, 5) is 14.9. The normalized spacial score (nSPS) is 29.0. The number of hydrogen-bond acceptors (Lipinski definition) is 3. The summed E-state index contributed by atoms with van der Waals surface area (Å²) in [7, 11) is 0. The molecule has 1 saturated heterocycles. The van der Waals surface area contributed by atoms with Crippen LogP contribution in [0.3, 0.4) is 0 Å². The number of carbonyl (C=O) groups is 1. The van der Waals surface area contributed by atoms with E-state index in [1.165, 1.54) is 11.1 Å². The van der Waals surface area contributed by atoms with Crippen molar-refractivity contribution in [1.82, 2.24) is 10.2 Å². The molecular formula is C17H24N2O2. The standard InChI is InChI=1S/C17H24N2O2/c1-3-15-11-21-12(2)10-19(15)17(20)16-8-13-6-4-5-7-14(13)9-18-16/h4-7,12,15-16,18H,3,8-11H2,1-2H3. The van der Waals surface area contributed by atoms with Crippen molar-refractivity contribution in [1.29, 1.82) is 0 Å². The van der Waals surface area contributed by atoms with Crippen LogP contribution in [-0.4, -0.2) is 42.1 Å². The third kappa shape index (κ3) is 2.97. The van der Waals surface area contributed by atoms with Crippen molar-refractivity contribution in [2.45, 2.75) is 51.4 Å². The van der Waals surface area contributed by atoms with Crippen LogP contribution in [0.25, 0.3) is 0 Å².